The molecule has 72 valence electrons. The summed E-state index contributed by atoms with van der Waals surface area (Å²) in [5.74, 6) is 1.77. The lowest BCUT2D eigenvalue weighted by Gasteiger charge is -2.26. The van der Waals surface area contributed by atoms with Crippen LogP contribution in [-0.2, 0) is 0 Å². The molecule has 1 rings (SSSR count). The lowest BCUT2D eigenvalue weighted by atomic mass is 10.1. The average molecular weight is 234 g/mol. The Morgan fingerprint density at radius 1 is 1.42 bits per heavy atom. The molecule has 12 heavy (non-hydrogen) atoms. The molecule has 0 aliphatic heterocycles. The first kappa shape index (κ1) is 10.5. The van der Waals surface area contributed by atoms with Gasteiger partial charge in [-0.1, -0.05) is 22.9 Å². The molecule has 2 atom stereocenters. The molecular weight excluding hydrogens is 214 g/mol. The van der Waals surface area contributed by atoms with Crippen LogP contribution >= 0.6 is 15.9 Å². The van der Waals surface area contributed by atoms with Crippen molar-refractivity contribution in [3.8, 4) is 0 Å². The second kappa shape index (κ2) is 4.61. The Morgan fingerprint density at radius 3 is 2.42 bits per heavy atom. The Hall–Kier alpha value is 0.440. The van der Waals surface area contributed by atoms with E-state index in [0.717, 1.165) is 23.2 Å². The molecular formula is C10H20BrN. The van der Waals surface area contributed by atoms with Gasteiger partial charge in [-0.3, -0.25) is 0 Å². The van der Waals surface area contributed by atoms with Crippen molar-refractivity contribution in [2.45, 2.75) is 32.7 Å². The molecule has 0 saturated heterocycles. The smallest absolute Gasteiger partial charge is 0.00922 e. The third kappa shape index (κ3) is 3.06. The second-order valence-corrected chi connectivity index (χ2v) is 4.92. The summed E-state index contributed by atoms with van der Waals surface area (Å²) in [6.45, 7) is 5.88. The van der Waals surface area contributed by atoms with Crippen molar-refractivity contribution in [1.82, 2.24) is 4.90 Å². The van der Waals surface area contributed by atoms with Gasteiger partial charge in [-0.05, 0) is 38.6 Å². The molecule has 1 aliphatic rings. The second-order valence-electron chi connectivity index (χ2n) is 4.28. The average Bonchev–Trinajstić information content (AvgIpc) is 2.85. The minimum Gasteiger partial charge on any atom is -0.303 e. The molecule has 1 fully saturated rings. The van der Waals surface area contributed by atoms with Crippen LogP contribution in [0.3, 0.4) is 0 Å². The third-order valence-corrected chi connectivity index (χ3v) is 3.97. The Kier molecular flexibility index (Phi) is 4.04. The van der Waals surface area contributed by atoms with E-state index in [1.807, 2.05) is 0 Å². The van der Waals surface area contributed by atoms with Crippen molar-refractivity contribution in [3.05, 3.63) is 0 Å². The summed E-state index contributed by atoms with van der Waals surface area (Å²) < 4.78 is 0. The zero-order valence-electron chi connectivity index (χ0n) is 8.39. The van der Waals surface area contributed by atoms with E-state index in [4.69, 9.17) is 0 Å². The fraction of sp³-hybridized carbons (Fsp3) is 1.00. The molecule has 1 aliphatic carbocycles. The largest absolute Gasteiger partial charge is 0.303 e. The normalized spacial score (nSPS) is 22.8. The monoisotopic (exact) mass is 233 g/mol. The van der Waals surface area contributed by atoms with E-state index in [1.165, 1.54) is 19.4 Å². The van der Waals surface area contributed by atoms with Gasteiger partial charge in [0, 0.05) is 17.9 Å². The standard InChI is InChI=1S/C10H20BrN/c1-8(6-11)7-12(3)9(2)10-4-5-10/h8-10H,4-7H2,1-3H3. The Morgan fingerprint density at radius 2 is 2.00 bits per heavy atom. The first-order valence-corrected chi connectivity index (χ1v) is 6.03. The van der Waals surface area contributed by atoms with Crippen molar-refractivity contribution in [3.63, 3.8) is 0 Å². The first-order valence-electron chi connectivity index (χ1n) is 4.91. The van der Waals surface area contributed by atoms with Crippen LogP contribution in [0.5, 0.6) is 0 Å². The van der Waals surface area contributed by atoms with Gasteiger partial charge in [0.05, 0.1) is 0 Å². The number of rotatable bonds is 5. The highest BCUT2D eigenvalue weighted by atomic mass is 79.9. The van der Waals surface area contributed by atoms with Crippen molar-refractivity contribution in [2.24, 2.45) is 11.8 Å². The van der Waals surface area contributed by atoms with Crippen LogP contribution < -0.4 is 0 Å². The summed E-state index contributed by atoms with van der Waals surface area (Å²) >= 11 is 3.52. The Balaban J connectivity index is 2.21. The molecule has 0 aromatic carbocycles. The van der Waals surface area contributed by atoms with Crippen molar-refractivity contribution in [1.29, 1.82) is 0 Å². The van der Waals surface area contributed by atoms with Crippen LogP contribution in [0, 0.1) is 11.8 Å². The molecule has 1 saturated carbocycles. The maximum Gasteiger partial charge on any atom is 0.00922 e. The highest BCUT2D eigenvalue weighted by Crippen LogP contribution is 2.34. The summed E-state index contributed by atoms with van der Waals surface area (Å²) in [5.41, 5.74) is 0. The molecule has 0 amide bonds. The number of halogens is 1. The fourth-order valence-corrected chi connectivity index (χ4v) is 1.85. The summed E-state index contributed by atoms with van der Waals surface area (Å²) in [7, 11) is 2.25. The SMILES string of the molecule is CC(CBr)CN(C)C(C)C1CC1. The van der Waals surface area contributed by atoms with Crippen LogP contribution in [0.4, 0.5) is 0 Å². The van der Waals surface area contributed by atoms with E-state index >= 15 is 0 Å². The van der Waals surface area contributed by atoms with Gasteiger partial charge in [0.1, 0.15) is 0 Å². The molecule has 0 heterocycles. The van der Waals surface area contributed by atoms with Gasteiger partial charge < -0.3 is 4.90 Å². The van der Waals surface area contributed by atoms with Crippen LogP contribution in [-0.4, -0.2) is 29.9 Å². The van der Waals surface area contributed by atoms with Gasteiger partial charge >= 0.3 is 0 Å². The van der Waals surface area contributed by atoms with Crippen molar-refractivity contribution >= 4 is 15.9 Å². The molecule has 2 unspecified atom stereocenters. The molecule has 0 N–H and O–H groups in total. The fourth-order valence-electron chi connectivity index (χ4n) is 1.65. The lowest BCUT2D eigenvalue weighted by Crippen LogP contribution is -2.34. The van der Waals surface area contributed by atoms with E-state index in [-0.39, 0.29) is 0 Å². The lowest BCUT2D eigenvalue weighted by molar-refractivity contribution is 0.212. The summed E-state index contributed by atoms with van der Waals surface area (Å²) in [6, 6.07) is 0.798. The topological polar surface area (TPSA) is 3.24 Å². The van der Waals surface area contributed by atoms with Gasteiger partial charge in [-0.15, -0.1) is 0 Å². The van der Waals surface area contributed by atoms with Gasteiger partial charge in [0.15, 0.2) is 0 Å². The summed E-state index contributed by atoms with van der Waals surface area (Å²) in [5, 5.41) is 1.12. The Labute approximate surface area is 84.6 Å². The molecule has 0 aromatic rings. The summed E-state index contributed by atoms with van der Waals surface area (Å²) in [4.78, 5) is 2.50. The zero-order chi connectivity index (χ0) is 9.14. The highest BCUT2D eigenvalue weighted by molar-refractivity contribution is 9.09. The van der Waals surface area contributed by atoms with Crippen LogP contribution in [0.15, 0.2) is 0 Å². The van der Waals surface area contributed by atoms with Gasteiger partial charge in [-0.2, -0.15) is 0 Å². The van der Waals surface area contributed by atoms with Crippen LogP contribution in [0.1, 0.15) is 26.7 Å². The van der Waals surface area contributed by atoms with Gasteiger partial charge in [0.2, 0.25) is 0 Å². The van der Waals surface area contributed by atoms with Gasteiger partial charge in [0.25, 0.3) is 0 Å². The maximum atomic E-state index is 3.52. The van der Waals surface area contributed by atoms with Crippen molar-refractivity contribution < 1.29 is 0 Å². The van der Waals surface area contributed by atoms with Crippen LogP contribution in [0.2, 0.25) is 0 Å². The van der Waals surface area contributed by atoms with Crippen LogP contribution in [0.25, 0.3) is 0 Å². The minimum absolute atomic E-state index is 0.774. The van der Waals surface area contributed by atoms with E-state index in [1.54, 1.807) is 0 Å². The molecule has 0 aromatic heterocycles. The number of hydrogen-bond donors (Lipinski definition) is 0. The number of alkyl halides is 1. The predicted molar refractivity (Wildman–Crippen MR) is 57.8 cm³/mol. The maximum absolute atomic E-state index is 3.52. The molecule has 0 radical (unpaired) electrons. The number of hydrogen-bond acceptors (Lipinski definition) is 1. The molecule has 1 nitrogen and oxygen atoms in total. The Bertz CT molecular complexity index is 134. The van der Waals surface area contributed by atoms with Crippen molar-refractivity contribution in [2.75, 3.05) is 18.9 Å². The zero-order valence-corrected chi connectivity index (χ0v) is 9.97. The minimum atomic E-state index is 0.774. The van der Waals surface area contributed by atoms with E-state index in [0.29, 0.717) is 0 Å². The molecule has 0 bridgehead atoms. The summed E-state index contributed by atoms with van der Waals surface area (Å²) in [6.07, 6.45) is 2.91. The van der Waals surface area contributed by atoms with Gasteiger partial charge in [-0.25, -0.2) is 0 Å². The quantitative estimate of drug-likeness (QED) is 0.661. The highest BCUT2D eigenvalue weighted by Gasteiger charge is 2.30. The first-order chi connectivity index (χ1) is 5.65. The molecule has 0 spiro atoms. The van der Waals surface area contributed by atoms with E-state index in [9.17, 15) is 0 Å². The third-order valence-electron chi connectivity index (χ3n) is 2.86. The van der Waals surface area contributed by atoms with E-state index < -0.39 is 0 Å². The predicted octanol–water partition coefficient (Wildman–Crippen LogP) is 2.75. The number of nitrogens with zero attached hydrogens (tertiary/aromatic N) is 1. The van der Waals surface area contributed by atoms with E-state index in [2.05, 4.69) is 41.7 Å². The molecule has 2 heteroatoms.